The summed E-state index contributed by atoms with van der Waals surface area (Å²) in [4.78, 5) is 28.7. The highest BCUT2D eigenvalue weighted by Gasteiger charge is 2.18. The molecule has 33 heavy (non-hydrogen) atoms. The molecule has 0 bridgehead atoms. The molecule has 1 heterocycles. The van der Waals surface area contributed by atoms with Crippen molar-refractivity contribution in [3.8, 4) is 0 Å². The first kappa shape index (κ1) is 24.7. The van der Waals surface area contributed by atoms with Gasteiger partial charge >= 0.3 is 5.97 Å². The standard InChI is InChI=1S/C19H20N4O7S3/c1-22(2)33(28,29)13-6-4-12(5-7-13)18(25)21-19-23(11-17(24)30-3)15-9-8-14(32(20,26)27)10-16(15)31-19/h4-10H,11H2,1-3H3,(H2,20,26,27). The minimum absolute atomic E-state index is 0.0159. The minimum Gasteiger partial charge on any atom is -0.468 e. The molecule has 3 aromatic rings. The van der Waals surface area contributed by atoms with Crippen LogP contribution in [0.5, 0.6) is 0 Å². The van der Waals surface area contributed by atoms with Crippen molar-refractivity contribution in [1.82, 2.24) is 8.87 Å². The number of carbonyl (C=O) groups excluding carboxylic acids is 2. The van der Waals surface area contributed by atoms with Crippen molar-refractivity contribution in [2.24, 2.45) is 10.1 Å². The van der Waals surface area contributed by atoms with Crippen molar-refractivity contribution < 1.29 is 31.2 Å². The van der Waals surface area contributed by atoms with Gasteiger partial charge in [0.1, 0.15) is 6.54 Å². The third-order valence-corrected chi connectivity index (χ3v) is 8.36. The van der Waals surface area contributed by atoms with Gasteiger partial charge in [-0.3, -0.25) is 9.59 Å². The first-order chi connectivity index (χ1) is 15.3. The van der Waals surface area contributed by atoms with Crippen LogP contribution in [0.4, 0.5) is 0 Å². The number of nitrogens with zero attached hydrogens (tertiary/aromatic N) is 3. The molecule has 0 spiro atoms. The van der Waals surface area contributed by atoms with E-state index in [1.807, 2.05) is 0 Å². The predicted molar refractivity (Wildman–Crippen MR) is 120 cm³/mol. The number of primary sulfonamides is 1. The van der Waals surface area contributed by atoms with Gasteiger partial charge in [-0.2, -0.15) is 4.99 Å². The number of rotatable bonds is 6. The normalized spacial score (nSPS) is 12.9. The summed E-state index contributed by atoms with van der Waals surface area (Å²) in [5.74, 6) is -1.28. The van der Waals surface area contributed by atoms with Crippen LogP contribution in [0, 0.1) is 0 Å². The molecule has 0 saturated heterocycles. The lowest BCUT2D eigenvalue weighted by atomic mass is 10.2. The van der Waals surface area contributed by atoms with E-state index in [1.54, 1.807) is 0 Å². The van der Waals surface area contributed by atoms with E-state index in [0.29, 0.717) is 10.2 Å². The van der Waals surface area contributed by atoms with Crippen LogP contribution in [-0.4, -0.2) is 58.8 Å². The van der Waals surface area contributed by atoms with Crippen LogP contribution < -0.4 is 9.94 Å². The summed E-state index contributed by atoms with van der Waals surface area (Å²) in [6, 6.07) is 9.33. The number of benzene rings is 2. The van der Waals surface area contributed by atoms with Crippen molar-refractivity contribution in [3.05, 3.63) is 52.8 Å². The molecule has 2 N–H and O–H groups in total. The Bertz CT molecular complexity index is 1520. The largest absolute Gasteiger partial charge is 0.468 e. The summed E-state index contributed by atoms with van der Waals surface area (Å²) < 4.78 is 55.3. The van der Waals surface area contributed by atoms with Crippen molar-refractivity contribution in [3.63, 3.8) is 0 Å². The number of sulfonamides is 2. The second-order valence-corrected chi connectivity index (χ2v) is 11.7. The molecule has 11 nitrogen and oxygen atoms in total. The number of carbonyl (C=O) groups is 2. The van der Waals surface area contributed by atoms with Crippen molar-refractivity contribution in [2.75, 3.05) is 21.2 Å². The molecule has 0 aliphatic rings. The predicted octanol–water partition coefficient (Wildman–Crippen LogP) is 0.515. The maximum absolute atomic E-state index is 12.8. The average molecular weight is 513 g/mol. The van der Waals surface area contributed by atoms with Crippen LogP contribution in [0.1, 0.15) is 10.4 Å². The van der Waals surface area contributed by atoms with Gasteiger partial charge in [-0.1, -0.05) is 11.3 Å². The van der Waals surface area contributed by atoms with Crippen LogP contribution in [-0.2, 0) is 36.1 Å². The van der Waals surface area contributed by atoms with E-state index in [-0.39, 0.29) is 26.7 Å². The maximum atomic E-state index is 12.8. The fourth-order valence-corrected chi connectivity index (χ4v) is 5.38. The van der Waals surface area contributed by atoms with E-state index in [2.05, 4.69) is 4.99 Å². The Morgan fingerprint density at radius 1 is 1.06 bits per heavy atom. The molecule has 0 aliphatic heterocycles. The minimum atomic E-state index is -3.96. The van der Waals surface area contributed by atoms with E-state index < -0.39 is 31.9 Å². The molecular weight excluding hydrogens is 492 g/mol. The second kappa shape index (κ2) is 9.15. The van der Waals surface area contributed by atoms with Crippen molar-refractivity contribution >= 4 is 53.5 Å². The Morgan fingerprint density at radius 3 is 2.21 bits per heavy atom. The number of esters is 1. The van der Waals surface area contributed by atoms with Gasteiger partial charge in [0.25, 0.3) is 5.91 Å². The maximum Gasteiger partial charge on any atom is 0.325 e. The van der Waals surface area contributed by atoms with E-state index in [4.69, 9.17) is 9.88 Å². The third-order valence-electron chi connectivity index (χ3n) is 4.57. The number of amides is 1. The topological polar surface area (TPSA) is 158 Å². The quantitative estimate of drug-likeness (QED) is 0.471. The molecule has 0 atom stereocenters. The molecule has 2 aromatic carbocycles. The molecule has 0 fully saturated rings. The highest BCUT2D eigenvalue weighted by atomic mass is 32.2. The Kier molecular flexibility index (Phi) is 6.85. The van der Waals surface area contributed by atoms with Crippen LogP contribution in [0.2, 0.25) is 0 Å². The molecule has 1 aromatic heterocycles. The second-order valence-electron chi connectivity index (χ2n) is 6.95. The zero-order valence-corrected chi connectivity index (χ0v) is 20.2. The molecule has 176 valence electrons. The fourth-order valence-electron chi connectivity index (χ4n) is 2.79. The number of thiazole rings is 1. The monoisotopic (exact) mass is 512 g/mol. The van der Waals surface area contributed by atoms with E-state index in [0.717, 1.165) is 15.6 Å². The number of ether oxygens (including phenoxy) is 1. The van der Waals surface area contributed by atoms with Crippen LogP contribution in [0.3, 0.4) is 0 Å². The number of fused-ring (bicyclic) bond motifs is 1. The van der Waals surface area contributed by atoms with E-state index in [9.17, 15) is 26.4 Å². The molecule has 0 aliphatic carbocycles. The highest BCUT2D eigenvalue weighted by molar-refractivity contribution is 7.89. The number of aromatic nitrogens is 1. The molecule has 1 amide bonds. The van der Waals surface area contributed by atoms with Gasteiger partial charge in [0.15, 0.2) is 4.80 Å². The van der Waals surface area contributed by atoms with Gasteiger partial charge < -0.3 is 9.30 Å². The SMILES string of the molecule is COC(=O)Cn1c(=NC(=O)c2ccc(S(=O)(=O)N(C)C)cc2)sc2cc(S(N)(=O)=O)ccc21. The number of methoxy groups -OCH3 is 1. The fraction of sp³-hybridized carbons (Fsp3) is 0.211. The Morgan fingerprint density at radius 2 is 1.67 bits per heavy atom. The third kappa shape index (κ3) is 5.20. The van der Waals surface area contributed by atoms with E-state index in [1.165, 1.54) is 68.2 Å². The first-order valence-electron chi connectivity index (χ1n) is 9.19. The highest BCUT2D eigenvalue weighted by Crippen LogP contribution is 2.22. The van der Waals surface area contributed by atoms with Gasteiger partial charge in [0.2, 0.25) is 20.0 Å². The van der Waals surface area contributed by atoms with Crippen molar-refractivity contribution in [1.29, 1.82) is 0 Å². The van der Waals surface area contributed by atoms with Gasteiger partial charge in [-0.15, -0.1) is 0 Å². The number of nitrogens with two attached hydrogens (primary N) is 1. The lowest BCUT2D eigenvalue weighted by Crippen LogP contribution is -2.23. The zero-order valence-electron chi connectivity index (χ0n) is 17.8. The molecule has 0 radical (unpaired) electrons. The Hall–Kier alpha value is -2.91. The van der Waals surface area contributed by atoms with Crippen LogP contribution in [0.25, 0.3) is 10.2 Å². The van der Waals surface area contributed by atoms with E-state index >= 15 is 0 Å². The summed E-state index contributed by atoms with van der Waals surface area (Å²) in [7, 11) is -3.61. The first-order valence-corrected chi connectivity index (χ1v) is 13.0. The summed E-state index contributed by atoms with van der Waals surface area (Å²) in [6.07, 6.45) is 0. The lowest BCUT2D eigenvalue weighted by molar-refractivity contribution is -0.141. The molecular formula is C19H20N4O7S3. The number of hydrogen-bond donors (Lipinski definition) is 1. The van der Waals surface area contributed by atoms with Gasteiger partial charge in [0.05, 0.1) is 27.1 Å². The van der Waals surface area contributed by atoms with Gasteiger partial charge in [0, 0.05) is 19.7 Å². The summed E-state index contributed by atoms with van der Waals surface area (Å²) in [5, 5.41) is 5.19. The molecule has 0 unspecified atom stereocenters. The number of hydrogen-bond acceptors (Lipinski definition) is 8. The molecule has 14 heteroatoms. The smallest absolute Gasteiger partial charge is 0.325 e. The molecule has 3 rings (SSSR count). The average Bonchev–Trinajstić information content (AvgIpc) is 3.09. The van der Waals surface area contributed by atoms with Crippen LogP contribution in [0.15, 0.2) is 57.2 Å². The lowest BCUT2D eigenvalue weighted by Gasteiger charge is -2.11. The van der Waals surface area contributed by atoms with Gasteiger partial charge in [-0.25, -0.2) is 26.3 Å². The summed E-state index contributed by atoms with van der Waals surface area (Å²) in [6.45, 7) is -0.267. The Balaban J connectivity index is 2.10. The summed E-state index contributed by atoms with van der Waals surface area (Å²) >= 11 is 0.986. The Labute approximate surface area is 193 Å². The van der Waals surface area contributed by atoms with Crippen LogP contribution >= 0.6 is 11.3 Å². The zero-order chi connectivity index (χ0) is 24.6. The summed E-state index contributed by atoms with van der Waals surface area (Å²) in [5.41, 5.74) is 0.580. The van der Waals surface area contributed by atoms with Gasteiger partial charge in [-0.05, 0) is 42.5 Å². The van der Waals surface area contributed by atoms with Crippen molar-refractivity contribution in [2.45, 2.75) is 16.3 Å². The molecule has 0 saturated carbocycles.